The molecule has 36 heavy (non-hydrogen) atoms. The first-order chi connectivity index (χ1) is 17.3. The Morgan fingerprint density at radius 3 is 2.42 bits per heavy atom. The summed E-state index contributed by atoms with van der Waals surface area (Å²) in [5.41, 5.74) is 1.78. The van der Waals surface area contributed by atoms with E-state index in [4.69, 9.17) is 4.74 Å². The molecule has 3 aromatic rings. The van der Waals surface area contributed by atoms with Crippen LogP contribution in [0, 0.1) is 12.7 Å². The van der Waals surface area contributed by atoms with E-state index in [1.807, 2.05) is 30.3 Å². The summed E-state index contributed by atoms with van der Waals surface area (Å²) in [7, 11) is -2.23. The predicted molar refractivity (Wildman–Crippen MR) is 137 cm³/mol. The summed E-state index contributed by atoms with van der Waals surface area (Å²) in [6.45, 7) is 2.40. The van der Waals surface area contributed by atoms with Gasteiger partial charge in [0.25, 0.3) is 5.91 Å². The fraction of sp³-hybridized carbons (Fsp3) is 0.321. The van der Waals surface area contributed by atoms with Gasteiger partial charge in [-0.15, -0.1) is 0 Å². The maximum atomic E-state index is 14.0. The van der Waals surface area contributed by atoms with E-state index in [9.17, 15) is 17.6 Å². The number of sulfonamides is 1. The molecule has 190 valence electrons. The highest BCUT2D eigenvalue weighted by atomic mass is 32.2. The van der Waals surface area contributed by atoms with Crippen LogP contribution in [0.3, 0.4) is 0 Å². The highest BCUT2D eigenvalue weighted by molar-refractivity contribution is 7.89. The lowest BCUT2D eigenvalue weighted by atomic mass is 10.1. The van der Waals surface area contributed by atoms with Crippen molar-refractivity contribution < 1.29 is 22.3 Å². The van der Waals surface area contributed by atoms with Gasteiger partial charge in [0.05, 0.1) is 16.5 Å². The first-order valence-corrected chi connectivity index (χ1v) is 13.5. The highest BCUT2D eigenvalue weighted by Gasteiger charge is 2.34. The van der Waals surface area contributed by atoms with Crippen LogP contribution < -0.4 is 4.74 Å². The molecule has 1 aliphatic heterocycles. The Bertz CT molecular complexity index is 1310. The molecule has 0 unspecified atom stereocenters. The number of amides is 1. The Morgan fingerprint density at radius 2 is 1.67 bits per heavy atom. The number of aryl methyl sites for hydroxylation is 1. The van der Waals surface area contributed by atoms with Crippen LogP contribution in [0.1, 0.15) is 34.3 Å². The Kier molecular flexibility index (Phi) is 8.06. The number of benzene rings is 3. The monoisotopic (exact) mass is 510 g/mol. The Morgan fingerprint density at radius 1 is 0.972 bits per heavy atom. The van der Waals surface area contributed by atoms with E-state index < -0.39 is 21.9 Å². The predicted octanol–water partition coefficient (Wildman–Crippen LogP) is 4.68. The van der Waals surface area contributed by atoms with Gasteiger partial charge in [0.15, 0.2) is 0 Å². The quantitative estimate of drug-likeness (QED) is 0.511. The fourth-order valence-corrected chi connectivity index (χ4v) is 6.39. The van der Waals surface area contributed by atoms with Crippen molar-refractivity contribution in [3.8, 4) is 5.75 Å². The van der Waals surface area contributed by atoms with Crippen LogP contribution in [0.2, 0.25) is 0 Å². The zero-order chi connectivity index (χ0) is 25.7. The molecule has 1 amide bonds. The molecular formula is C28H31FN2O4S. The second kappa shape index (κ2) is 11.2. The van der Waals surface area contributed by atoms with Gasteiger partial charge in [-0.25, -0.2) is 12.8 Å². The Labute approximate surface area is 212 Å². The lowest BCUT2D eigenvalue weighted by Gasteiger charge is -2.32. The van der Waals surface area contributed by atoms with Crippen molar-refractivity contribution in [2.45, 2.75) is 37.1 Å². The fourth-order valence-electron chi connectivity index (χ4n) is 4.54. The minimum absolute atomic E-state index is 0.0579. The maximum absolute atomic E-state index is 14.0. The number of hydrogen-bond acceptors (Lipinski definition) is 4. The molecule has 8 heteroatoms. The van der Waals surface area contributed by atoms with Crippen LogP contribution in [0.4, 0.5) is 4.39 Å². The number of fused-ring (bicyclic) bond motifs is 1. The van der Waals surface area contributed by atoms with Gasteiger partial charge in [-0.2, -0.15) is 4.31 Å². The zero-order valence-electron chi connectivity index (χ0n) is 20.6. The molecule has 0 bridgehead atoms. The molecule has 0 N–H and O–H groups in total. The van der Waals surface area contributed by atoms with E-state index in [1.54, 1.807) is 43.1 Å². The molecule has 1 heterocycles. The van der Waals surface area contributed by atoms with Crippen molar-refractivity contribution in [1.29, 1.82) is 0 Å². The van der Waals surface area contributed by atoms with E-state index in [1.165, 1.54) is 22.5 Å². The molecule has 1 aliphatic rings. The molecule has 4 rings (SSSR count). The number of carbonyl (C=O) groups excluding carboxylic acids is 1. The van der Waals surface area contributed by atoms with Gasteiger partial charge in [0.2, 0.25) is 10.0 Å². The van der Waals surface area contributed by atoms with E-state index >= 15 is 0 Å². The number of para-hydroxylation sites is 1. The van der Waals surface area contributed by atoms with Gasteiger partial charge < -0.3 is 9.64 Å². The molecule has 0 saturated heterocycles. The number of ether oxygens (including phenoxy) is 1. The average Bonchev–Trinajstić information content (AvgIpc) is 2.86. The summed E-state index contributed by atoms with van der Waals surface area (Å²) in [6.07, 6.45) is 1.62. The molecular weight excluding hydrogens is 479 g/mol. The summed E-state index contributed by atoms with van der Waals surface area (Å²) in [4.78, 5) is 14.7. The first-order valence-electron chi connectivity index (χ1n) is 12.1. The van der Waals surface area contributed by atoms with E-state index in [-0.39, 0.29) is 24.0 Å². The van der Waals surface area contributed by atoms with Crippen LogP contribution in [0.5, 0.6) is 5.75 Å². The van der Waals surface area contributed by atoms with E-state index in [0.29, 0.717) is 42.7 Å². The Balaban J connectivity index is 1.77. The number of halogens is 1. The third-order valence-electron chi connectivity index (χ3n) is 6.46. The highest BCUT2D eigenvalue weighted by Crippen LogP contribution is 2.27. The second-order valence-corrected chi connectivity index (χ2v) is 11.0. The number of rotatable bonds is 4. The number of carbonyl (C=O) groups is 1. The van der Waals surface area contributed by atoms with Crippen molar-refractivity contribution in [2.75, 3.05) is 26.7 Å². The van der Waals surface area contributed by atoms with Gasteiger partial charge >= 0.3 is 0 Å². The number of hydrogen-bond donors (Lipinski definition) is 0. The molecule has 0 aliphatic carbocycles. The second-order valence-electron chi connectivity index (χ2n) is 9.11. The molecule has 1 atom stereocenters. The first kappa shape index (κ1) is 25.9. The van der Waals surface area contributed by atoms with Crippen molar-refractivity contribution >= 4 is 15.9 Å². The van der Waals surface area contributed by atoms with Crippen LogP contribution in [-0.4, -0.2) is 56.3 Å². The van der Waals surface area contributed by atoms with Gasteiger partial charge in [0.1, 0.15) is 18.2 Å². The summed E-state index contributed by atoms with van der Waals surface area (Å²) in [5.74, 6) is -0.186. The SMILES string of the molecule is Cc1cc(F)ccc1S(=O)(=O)N1CCCCN(C)C(=O)c2ccccc2OC[C@@H]1Cc1ccccc1. The van der Waals surface area contributed by atoms with Crippen LogP contribution in [0.15, 0.2) is 77.7 Å². The molecule has 0 aromatic heterocycles. The Hall–Kier alpha value is -3.23. The van der Waals surface area contributed by atoms with Gasteiger partial charge in [-0.05, 0) is 67.6 Å². The molecule has 0 radical (unpaired) electrons. The summed E-state index contributed by atoms with van der Waals surface area (Å²) < 4.78 is 49.4. The van der Waals surface area contributed by atoms with Crippen molar-refractivity contribution in [2.24, 2.45) is 0 Å². The minimum Gasteiger partial charge on any atom is -0.491 e. The molecule has 6 nitrogen and oxygen atoms in total. The topological polar surface area (TPSA) is 66.9 Å². The van der Waals surface area contributed by atoms with Crippen LogP contribution in [0.25, 0.3) is 0 Å². The lowest BCUT2D eigenvalue weighted by Crippen LogP contribution is -2.46. The normalized spacial score (nSPS) is 18.0. The summed E-state index contributed by atoms with van der Waals surface area (Å²) in [6, 6.07) is 19.9. The van der Waals surface area contributed by atoms with Crippen molar-refractivity contribution in [1.82, 2.24) is 9.21 Å². The van der Waals surface area contributed by atoms with E-state index in [2.05, 4.69) is 0 Å². The molecule has 3 aromatic carbocycles. The smallest absolute Gasteiger partial charge is 0.257 e. The van der Waals surface area contributed by atoms with Crippen molar-refractivity contribution in [3.05, 3.63) is 95.3 Å². The molecule has 0 fully saturated rings. The number of nitrogens with zero attached hydrogens (tertiary/aromatic N) is 2. The van der Waals surface area contributed by atoms with Crippen molar-refractivity contribution in [3.63, 3.8) is 0 Å². The van der Waals surface area contributed by atoms with Gasteiger partial charge in [-0.1, -0.05) is 42.5 Å². The maximum Gasteiger partial charge on any atom is 0.257 e. The largest absolute Gasteiger partial charge is 0.491 e. The van der Waals surface area contributed by atoms with Crippen LogP contribution >= 0.6 is 0 Å². The molecule has 0 saturated carbocycles. The van der Waals surface area contributed by atoms with Gasteiger partial charge in [-0.3, -0.25) is 4.79 Å². The summed E-state index contributed by atoms with van der Waals surface area (Å²) in [5, 5.41) is 0. The standard InChI is InChI=1S/C28H31FN2O4S/c1-21-18-23(29)14-15-27(21)36(33,34)31-17-9-8-16-30(2)28(32)25-12-6-7-13-26(25)35-20-24(31)19-22-10-4-3-5-11-22/h3-7,10-15,18,24H,8-9,16-17,19-20H2,1-2H3/t24-/m0/s1. The molecule has 0 spiro atoms. The average molecular weight is 511 g/mol. The lowest BCUT2D eigenvalue weighted by molar-refractivity contribution is 0.0781. The minimum atomic E-state index is -3.96. The van der Waals surface area contributed by atoms with Gasteiger partial charge in [0, 0.05) is 20.1 Å². The zero-order valence-corrected chi connectivity index (χ0v) is 21.4. The third kappa shape index (κ3) is 5.77. The van der Waals surface area contributed by atoms with Crippen LogP contribution in [-0.2, 0) is 16.4 Å². The summed E-state index contributed by atoms with van der Waals surface area (Å²) >= 11 is 0. The third-order valence-corrected chi connectivity index (χ3v) is 8.57. The van der Waals surface area contributed by atoms with E-state index in [0.717, 1.165) is 5.56 Å².